The summed E-state index contributed by atoms with van der Waals surface area (Å²) in [7, 11) is 0. The predicted molar refractivity (Wildman–Crippen MR) is 118 cm³/mol. The maximum absolute atomic E-state index is 12.8. The number of halogens is 2. The zero-order valence-corrected chi connectivity index (χ0v) is 17.7. The highest BCUT2D eigenvalue weighted by Gasteiger charge is 2.15. The van der Waals surface area contributed by atoms with Gasteiger partial charge in [0.25, 0.3) is 11.6 Å². The molecule has 6 nitrogen and oxygen atoms in total. The van der Waals surface area contributed by atoms with Crippen LogP contribution in [0.25, 0.3) is 20.3 Å². The van der Waals surface area contributed by atoms with Crippen molar-refractivity contribution in [1.82, 2.24) is 4.57 Å². The number of aromatic nitrogens is 1. The Balaban J connectivity index is 1.84. The van der Waals surface area contributed by atoms with Crippen LogP contribution in [0.5, 0.6) is 0 Å². The van der Waals surface area contributed by atoms with Crippen molar-refractivity contribution in [1.29, 1.82) is 0 Å². The van der Waals surface area contributed by atoms with Crippen molar-refractivity contribution >= 4 is 77.8 Å². The van der Waals surface area contributed by atoms with Gasteiger partial charge in [0.15, 0.2) is 4.80 Å². The highest BCUT2D eigenvalue weighted by atomic mass is 35.5. The Morgan fingerprint density at radius 3 is 2.72 bits per heavy atom. The Morgan fingerprint density at radius 1 is 1.21 bits per heavy atom. The summed E-state index contributed by atoms with van der Waals surface area (Å²) in [6.07, 6.45) is 1.69. The van der Waals surface area contributed by atoms with Crippen molar-refractivity contribution in [3.63, 3.8) is 0 Å². The van der Waals surface area contributed by atoms with Gasteiger partial charge in [0, 0.05) is 33.8 Å². The third kappa shape index (κ3) is 3.72. The number of carbonyl (C=O) groups is 1. The first-order chi connectivity index (χ1) is 13.9. The Morgan fingerprint density at radius 2 is 2.00 bits per heavy atom. The molecule has 1 amide bonds. The fourth-order valence-electron chi connectivity index (χ4n) is 2.90. The number of benzene rings is 2. The van der Waals surface area contributed by atoms with Crippen molar-refractivity contribution in [2.24, 2.45) is 4.99 Å². The van der Waals surface area contributed by atoms with E-state index in [4.69, 9.17) is 23.2 Å². The van der Waals surface area contributed by atoms with E-state index < -0.39 is 10.8 Å². The highest BCUT2D eigenvalue weighted by molar-refractivity contribution is 7.21. The van der Waals surface area contributed by atoms with Crippen LogP contribution in [0.4, 0.5) is 5.69 Å². The van der Waals surface area contributed by atoms with Crippen molar-refractivity contribution in [3.05, 3.63) is 78.9 Å². The van der Waals surface area contributed by atoms with Crippen LogP contribution in [0.15, 0.2) is 54.0 Å². The van der Waals surface area contributed by atoms with Gasteiger partial charge in [-0.25, -0.2) is 0 Å². The van der Waals surface area contributed by atoms with Crippen LogP contribution < -0.4 is 4.80 Å². The van der Waals surface area contributed by atoms with Crippen LogP contribution in [-0.4, -0.2) is 15.4 Å². The summed E-state index contributed by atoms with van der Waals surface area (Å²) in [5.41, 5.74) is 0.713. The van der Waals surface area contributed by atoms with Crippen molar-refractivity contribution in [2.45, 2.75) is 6.54 Å². The molecule has 10 heteroatoms. The largest absolute Gasteiger partial charge is 0.311 e. The van der Waals surface area contributed by atoms with Gasteiger partial charge in [-0.3, -0.25) is 14.9 Å². The van der Waals surface area contributed by atoms with Crippen LogP contribution >= 0.6 is 45.9 Å². The molecule has 0 radical (unpaired) electrons. The molecule has 0 aliphatic rings. The lowest BCUT2D eigenvalue weighted by molar-refractivity contribution is -0.384. The molecule has 0 unspecified atom stereocenters. The topological polar surface area (TPSA) is 77.5 Å². The van der Waals surface area contributed by atoms with Crippen molar-refractivity contribution < 1.29 is 9.72 Å². The van der Waals surface area contributed by atoms with E-state index in [1.807, 2.05) is 4.57 Å². The Kier molecular flexibility index (Phi) is 5.26. The minimum absolute atomic E-state index is 0.0221. The summed E-state index contributed by atoms with van der Waals surface area (Å²) in [5, 5.41) is 12.6. The molecule has 0 N–H and O–H groups in total. The normalized spacial score (nSPS) is 12.0. The maximum atomic E-state index is 12.8. The number of allylic oxidation sites excluding steroid dienone is 1. The number of nitro groups is 1. The number of nitro benzene ring substituents is 1. The van der Waals surface area contributed by atoms with Crippen LogP contribution in [0, 0.1) is 10.1 Å². The number of thiophene rings is 1. The summed E-state index contributed by atoms with van der Waals surface area (Å²) >= 11 is 15.0. The number of non-ortho nitro benzene ring substituents is 1. The average Bonchev–Trinajstić information content (AvgIpc) is 3.23. The Bertz CT molecular complexity index is 1380. The van der Waals surface area contributed by atoms with E-state index in [0.29, 0.717) is 31.7 Å². The minimum Gasteiger partial charge on any atom is -0.311 e. The fraction of sp³-hybridized carbons (Fsp3) is 0.0526. The Labute approximate surface area is 182 Å². The van der Waals surface area contributed by atoms with Gasteiger partial charge < -0.3 is 4.57 Å². The third-order valence-electron chi connectivity index (χ3n) is 4.13. The smallest absolute Gasteiger partial charge is 0.289 e. The zero-order valence-electron chi connectivity index (χ0n) is 14.6. The molecule has 2 aromatic carbocycles. The number of rotatable bonds is 4. The summed E-state index contributed by atoms with van der Waals surface area (Å²) < 4.78 is 3.39. The molecule has 0 aliphatic heterocycles. The van der Waals surface area contributed by atoms with E-state index in [0.717, 1.165) is 14.9 Å². The number of hydrogen-bond donors (Lipinski definition) is 0. The molecule has 4 aromatic rings. The second-order valence-corrected chi connectivity index (χ2v) is 8.96. The number of nitrogens with zero attached hydrogens (tertiary/aromatic N) is 3. The first-order valence-electron chi connectivity index (χ1n) is 8.23. The van der Waals surface area contributed by atoms with Crippen LogP contribution in [-0.2, 0) is 6.54 Å². The molecular formula is C19H11Cl2N3O3S2. The molecule has 0 saturated heterocycles. The molecule has 4 rings (SSSR count). The summed E-state index contributed by atoms with van der Waals surface area (Å²) in [6, 6.07) is 9.53. The van der Waals surface area contributed by atoms with Crippen LogP contribution in [0.1, 0.15) is 9.67 Å². The minimum atomic E-state index is -0.465. The molecule has 2 heterocycles. The molecule has 146 valence electrons. The van der Waals surface area contributed by atoms with Crippen LogP contribution in [0.3, 0.4) is 0 Å². The van der Waals surface area contributed by atoms with E-state index >= 15 is 0 Å². The van der Waals surface area contributed by atoms with E-state index in [1.165, 1.54) is 34.8 Å². The molecule has 2 aromatic heterocycles. The molecular weight excluding hydrogens is 453 g/mol. The van der Waals surface area contributed by atoms with E-state index in [2.05, 4.69) is 11.6 Å². The molecule has 29 heavy (non-hydrogen) atoms. The van der Waals surface area contributed by atoms with Gasteiger partial charge in [0.2, 0.25) is 0 Å². The third-order valence-corrected chi connectivity index (χ3v) is 6.76. The first-order valence-corrected chi connectivity index (χ1v) is 10.6. The molecule has 0 fully saturated rings. The second-order valence-electron chi connectivity index (χ2n) is 6.03. The standard InChI is InChI=1S/C19H11Cl2N3O3S2/c1-2-5-23-17-13(21)8-11(20)9-15(17)29-19(23)22-18(25)16-7-10-6-12(24(26)27)3-4-14(10)28-16/h2-4,6-9H,1,5H2. The lowest BCUT2D eigenvalue weighted by atomic mass is 10.2. The molecule has 0 bridgehead atoms. The highest BCUT2D eigenvalue weighted by Crippen LogP contribution is 2.31. The SMILES string of the molecule is C=CCn1c(=NC(=O)c2cc3cc([N+](=O)[O-])ccc3s2)sc2cc(Cl)cc(Cl)c21. The summed E-state index contributed by atoms with van der Waals surface area (Å²) in [4.78, 5) is 28.4. The molecule has 0 saturated carbocycles. The van der Waals surface area contributed by atoms with E-state index in [1.54, 1.807) is 30.3 Å². The second kappa shape index (κ2) is 7.72. The van der Waals surface area contributed by atoms with E-state index in [9.17, 15) is 14.9 Å². The lowest BCUT2D eigenvalue weighted by Gasteiger charge is -2.03. The number of carbonyl (C=O) groups excluding carboxylic acids is 1. The number of fused-ring (bicyclic) bond motifs is 2. The number of hydrogen-bond acceptors (Lipinski definition) is 5. The van der Waals surface area contributed by atoms with Gasteiger partial charge in [-0.2, -0.15) is 4.99 Å². The monoisotopic (exact) mass is 463 g/mol. The quantitative estimate of drug-likeness (QED) is 0.209. The number of amides is 1. The molecule has 0 aliphatic carbocycles. The first kappa shape index (κ1) is 19.8. The van der Waals surface area contributed by atoms with Gasteiger partial charge in [0.05, 0.1) is 25.0 Å². The van der Waals surface area contributed by atoms with Gasteiger partial charge in [0.1, 0.15) is 0 Å². The molecule has 0 spiro atoms. The maximum Gasteiger partial charge on any atom is 0.289 e. The number of thiazole rings is 1. The lowest BCUT2D eigenvalue weighted by Crippen LogP contribution is -2.16. The Hall–Kier alpha value is -2.52. The van der Waals surface area contributed by atoms with E-state index in [-0.39, 0.29) is 5.69 Å². The van der Waals surface area contributed by atoms with Gasteiger partial charge >= 0.3 is 0 Å². The summed E-state index contributed by atoms with van der Waals surface area (Å²) in [6.45, 7) is 4.18. The van der Waals surface area contributed by atoms with Crippen molar-refractivity contribution in [2.75, 3.05) is 0 Å². The van der Waals surface area contributed by atoms with Gasteiger partial charge in [-0.05, 0) is 24.3 Å². The molecule has 0 atom stereocenters. The van der Waals surface area contributed by atoms with Crippen molar-refractivity contribution in [3.8, 4) is 0 Å². The van der Waals surface area contributed by atoms with Crippen LogP contribution in [0.2, 0.25) is 10.0 Å². The zero-order chi connectivity index (χ0) is 20.7. The summed E-state index contributed by atoms with van der Waals surface area (Å²) in [5.74, 6) is -0.430. The predicted octanol–water partition coefficient (Wildman–Crippen LogP) is 6.06. The average molecular weight is 464 g/mol. The fourth-order valence-corrected chi connectivity index (χ4v) is 5.65. The van der Waals surface area contributed by atoms with Gasteiger partial charge in [-0.15, -0.1) is 17.9 Å². The van der Waals surface area contributed by atoms with Gasteiger partial charge in [-0.1, -0.05) is 40.6 Å².